The third kappa shape index (κ3) is 2.70. The highest BCUT2D eigenvalue weighted by Crippen LogP contribution is 2.21. The lowest BCUT2D eigenvalue weighted by Crippen LogP contribution is -2.16. The molecule has 0 radical (unpaired) electrons. The Labute approximate surface area is 107 Å². The molecule has 0 spiro atoms. The lowest BCUT2D eigenvalue weighted by atomic mass is 10.0. The zero-order chi connectivity index (χ0) is 12.4. The van der Waals surface area contributed by atoms with Gasteiger partial charge in [-0.15, -0.1) is 0 Å². The highest BCUT2D eigenvalue weighted by Gasteiger charge is 2.12. The van der Waals surface area contributed by atoms with E-state index in [1.54, 1.807) is 16.8 Å². The summed E-state index contributed by atoms with van der Waals surface area (Å²) in [5.74, 6) is 0.512. The predicted octanol–water partition coefficient (Wildman–Crippen LogP) is 1.96. The molecule has 0 bridgehead atoms. The SMILES string of the molecule is Cn1ncnc1CC(N)c1ccc(F)c(Br)c1. The molecule has 2 aromatic rings. The molecule has 0 amide bonds. The van der Waals surface area contributed by atoms with E-state index in [0.29, 0.717) is 10.9 Å². The van der Waals surface area contributed by atoms with E-state index in [2.05, 4.69) is 26.0 Å². The van der Waals surface area contributed by atoms with E-state index in [4.69, 9.17) is 5.73 Å². The number of hydrogen-bond donors (Lipinski definition) is 1. The van der Waals surface area contributed by atoms with Gasteiger partial charge in [-0.1, -0.05) is 6.07 Å². The van der Waals surface area contributed by atoms with Crippen molar-refractivity contribution in [3.63, 3.8) is 0 Å². The Bertz CT molecular complexity index is 526. The fourth-order valence-corrected chi connectivity index (χ4v) is 1.96. The lowest BCUT2D eigenvalue weighted by molar-refractivity contribution is 0.610. The Morgan fingerprint density at radius 1 is 1.53 bits per heavy atom. The van der Waals surface area contributed by atoms with Crippen molar-refractivity contribution >= 4 is 15.9 Å². The summed E-state index contributed by atoms with van der Waals surface area (Å²) < 4.78 is 15.2. The smallest absolute Gasteiger partial charge is 0.138 e. The van der Waals surface area contributed by atoms with Gasteiger partial charge in [-0.25, -0.2) is 9.37 Å². The van der Waals surface area contributed by atoms with E-state index < -0.39 is 0 Å². The standard InChI is InChI=1S/C11H12BrFN4/c1-17-11(15-6-16-17)5-10(14)7-2-3-9(13)8(12)4-7/h2-4,6,10H,5,14H2,1H3. The zero-order valence-electron chi connectivity index (χ0n) is 9.27. The van der Waals surface area contributed by atoms with Crippen molar-refractivity contribution in [3.8, 4) is 0 Å². The van der Waals surface area contributed by atoms with Crippen LogP contribution in [0.4, 0.5) is 4.39 Å². The second-order valence-electron chi connectivity index (χ2n) is 3.78. The van der Waals surface area contributed by atoms with Gasteiger partial charge in [0.1, 0.15) is 18.0 Å². The molecule has 0 aliphatic rings. The number of aryl methyl sites for hydroxylation is 1. The summed E-state index contributed by atoms with van der Waals surface area (Å²) >= 11 is 3.14. The molecule has 2 rings (SSSR count). The molecule has 90 valence electrons. The van der Waals surface area contributed by atoms with Crippen LogP contribution in [-0.2, 0) is 13.5 Å². The van der Waals surface area contributed by atoms with Crippen LogP contribution in [0, 0.1) is 5.82 Å². The van der Waals surface area contributed by atoms with Crippen molar-refractivity contribution in [3.05, 3.63) is 46.2 Å². The van der Waals surface area contributed by atoms with Gasteiger partial charge in [-0.2, -0.15) is 5.10 Å². The van der Waals surface area contributed by atoms with E-state index in [1.807, 2.05) is 7.05 Å². The number of benzene rings is 1. The van der Waals surface area contributed by atoms with E-state index in [1.165, 1.54) is 12.4 Å². The first-order chi connectivity index (χ1) is 8.08. The van der Waals surface area contributed by atoms with Crippen LogP contribution < -0.4 is 5.73 Å². The number of hydrogen-bond acceptors (Lipinski definition) is 3. The van der Waals surface area contributed by atoms with Gasteiger partial charge < -0.3 is 5.73 Å². The molecule has 1 unspecified atom stereocenters. The zero-order valence-corrected chi connectivity index (χ0v) is 10.9. The van der Waals surface area contributed by atoms with Gasteiger partial charge in [0.2, 0.25) is 0 Å². The summed E-state index contributed by atoms with van der Waals surface area (Å²) in [6.07, 6.45) is 2.05. The molecule has 1 heterocycles. The summed E-state index contributed by atoms with van der Waals surface area (Å²) in [5, 5.41) is 3.98. The lowest BCUT2D eigenvalue weighted by Gasteiger charge is -2.11. The van der Waals surface area contributed by atoms with Gasteiger partial charge in [0.05, 0.1) is 4.47 Å². The maximum absolute atomic E-state index is 13.1. The summed E-state index contributed by atoms with van der Waals surface area (Å²) in [4.78, 5) is 4.11. The summed E-state index contributed by atoms with van der Waals surface area (Å²) in [6.45, 7) is 0. The van der Waals surface area contributed by atoms with Crippen LogP contribution in [0.3, 0.4) is 0 Å². The van der Waals surface area contributed by atoms with Crippen LogP contribution in [0.25, 0.3) is 0 Å². The molecule has 1 aromatic carbocycles. The van der Waals surface area contributed by atoms with Crippen LogP contribution in [-0.4, -0.2) is 14.8 Å². The molecular formula is C11H12BrFN4. The van der Waals surface area contributed by atoms with Crippen molar-refractivity contribution in [2.24, 2.45) is 12.8 Å². The Hall–Kier alpha value is -1.27. The van der Waals surface area contributed by atoms with Gasteiger partial charge >= 0.3 is 0 Å². The minimum atomic E-state index is -0.292. The molecule has 17 heavy (non-hydrogen) atoms. The molecule has 0 aliphatic carbocycles. The van der Waals surface area contributed by atoms with Gasteiger partial charge in [0, 0.05) is 19.5 Å². The maximum Gasteiger partial charge on any atom is 0.138 e. The van der Waals surface area contributed by atoms with Crippen molar-refractivity contribution in [1.82, 2.24) is 14.8 Å². The fraction of sp³-hybridized carbons (Fsp3) is 0.273. The first-order valence-corrected chi connectivity index (χ1v) is 5.90. The third-order valence-electron chi connectivity index (χ3n) is 2.58. The Morgan fingerprint density at radius 3 is 2.88 bits per heavy atom. The van der Waals surface area contributed by atoms with E-state index in [-0.39, 0.29) is 11.9 Å². The number of rotatable bonds is 3. The summed E-state index contributed by atoms with van der Waals surface area (Å²) in [5.41, 5.74) is 6.91. The minimum Gasteiger partial charge on any atom is -0.324 e. The molecule has 0 saturated heterocycles. The van der Waals surface area contributed by atoms with E-state index >= 15 is 0 Å². The number of aromatic nitrogens is 3. The fourth-order valence-electron chi connectivity index (χ4n) is 1.56. The minimum absolute atomic E-state index is 0.227. The number of nitrogens with two attached hydrogens (primary N) is 1. The quantitative estimate of drug-likeness (QED) is 0.942. The highest BCUT2D eigenvalue weighted by molar-refractivity contribution is 9.10. The first kappa shape index (κ1) is 12.2. The van der Waals surface area contributed by atoms with Crippen molar-refractivity contribution in [2.75, 3.05) is 0 Å². The Morgan fingerprint density at radius 2 is 2.29 bits per heavy atom. The molecule has 6 heteroatoms. The van der Waals surface area contributed by atoms with E-state index in [0.717, 1.165) is 11.4 Å². The van der Waals surface area contributed by atoms with Gasteiger partial charge in [-0.05, 0) is 33.6 Å². The molecule has 1 aromatic heterocycles. The van der Waals surface area contributed by atoms with Crippen molar-refractivity contribution in [1.29, 1.82) is 0 Å². The van der Waals surface area contributed by atoms with E-state index in [9.17, 15) is 4.39 Å². The Balaban J connectivity index is 2.17. The largest absolute Gasteiger partial charge is 0.324 e. The molecule has 1 atom stereocenters. The topological polar surface area (TPSA) is 56.7 Å². The van der Waals surface area contributed by atoms with Crippen LogP contribution in [0.2, 0.25) is 0 Å². The molecule has 0 aliphatic heterocycles. The van der Waals surface area contributed by atoms with Crippen LogP contribution in [0.1, 0.15) is 17.4 Å². The normalized spacial score (nSPS) is 12.7. The molecule has 0 saturated carbocycles. The number of halogens is 2. The van der Waals surface area contributed by atoms with Gasteiger partial charge in [-0.3, -0.25) is 4.68 Å². The van der Waals surface area contributed by atoms with Crippen LogP contribution in [0.5, 0.6) is 0 Å². The molecule has 2 N–H and O–H groups in total. The third-order valence-corrected chi connectivity index (χ3v) is 3.19. The van der Waals surface area contributed by atoms with Crippen molar-refractivity contribution in [2.45, 2.75) is 12.5 Å². The van der Waals surface area contributed by atoms with Crippen LogP contribution in [0.15, 0.2) is 29.0 Å². The Kier molecular flexibility index (Phi) is 3.54. The average Bonchev–Trinajstić information content (AvgIpc) is 2.68. The second kappa shape index (κ2) is 4.93. The maximum atomic E-state index is 13.1. The second-order valence-corrected chi connectivity index (χ2v) is 4.64. The van der Waals surface area contributed by atoms with Crippen molar-refractivity contribution < 1.29 is 4.39 Å². The molecule has 4 nitrogen and oxygen atoms in total. The average molecular weight is 299 g/mol. The molecule has 0 fully saturated rings. The highest BCUT2D eigenvalue weighted by atomic mass is 79.9. The van der Waals surface area contributed by atoms with Gasteiger partial charge in [0.25, 0.3) is 0 Å². The summed E-state index contributed by atoms with van der Waals surface area (Å²) in [6, 6.07) is 4.54. The first-order valence-electron chi connectivity index (χ1n) is 5.11. The monoisotopic (exact) mass is 298 g/mol. The van der Waals surface area contributed by atoms with Crippen LogP contribution >= 0.6 is 15.9 Å². The van der Waals surface area contributed by atoms with Gasteiger partial charge in [0.15, 0.2) is 0 Å². The molecular weight excluding hydrogens is 287 g/mol. The predicted molar refractivity (Wildman–Crippen MR) is 65.7 cm³/mol. The number of nitrogens with zero attached hydrogens (tertiary/aromatic N) is 3. The summed E-state index contributed by atoms with van der Waals surface area (Å²) in [7, 11) is 1.82.